The van der Waals surface area contributed by atoms with Crippen molar-refractivity contribution in [3.05, 3.63) is 23.8 Å². The van der Waals surface area contributed by atoms with E-state index in [1.54, 1.807) is 0 Å². The molecule has 98 valence electrons. The fourth-order valence-corrected chi connectivity index (χ4v) is 2.00. The van der Waals surface area contributed by atoms with Crippen molar-refractivity contribution in [1.29, 1.82) is 0 Å². The molecular formula is C15H23N3. The maximum atomic E-state index is 4.29. The van der Waals surface area contributed by atoms with E-state index in [9.17, 15) is 0 Å². The van der Waals surface area contributed by atoms with Gasteiger partial charge in [-0.05, 0) is 28.5 Å². The molecule has 0 saturated heterocycles. The second kappa shape index (κ2) is 4.08. The Labute approximate surface area is 109 Å². The summed E-state index contributed by atoms with van der Waals surface area (Å²) < 4.78 is 2.00. The molecule has 0 unspecified atom stereocenters. The van der Waals surface area contributed by atoms with Gasteiger partial charge < -0.3 is 0 Å². The van der Waals surface area contributed by atoms with Crippen LogP contribution >= 0.6 is 0 Å². The lowest BCUT2D eigenvalue weighted by molar-refractivity contribution is 0.327. The van der Waals surface area contributed by atoms with Gasteiger partial charge in [0.2, 0.25) is 0 Å². The third-order valence-electron chi connectivity index (χ3n) is 3.00. The topological polar surface area (TPSA) is 30.7 Å². The van der Waals surface area contributed by atoms with Gasteiger partial charge in [-0.25, -0.2) is 4.68 Å². The standard InChI is InChI=1S/C15H23N3/c1-14(2,3)10-18-13-8-7-11(15(4,5)6)9-12(13)16-17-18/h7-9H,10H2,1-6H3. The van der Waals surface area contributed by atoms with Crippen LogP contribution in [-0.2, 0) is 12.0 Å². The second-order valence-electron chi connectivity index (χ2n) is 7.26. The van der Waals surface area contributed by atoms with Gasteiger partial charge in [0.1, 0.15) is 5.52 Å². The van der Waals surface area contributed by atoms with E-state index in [1.807, 2.05) is 4.68 Å². The van der Waals surface area contributed by atoms with E-state index in [2.05, 4.69) is 70.1 Å². The highest BCUT2D eigenvalue weighted by molar-refractivity contribution is 5.75. The van der Waals surface area contributed by atoms with Crippen LogP contribution in [0.4, 0.5) is 0 Å². The van der Waals surface area contributed by atoms with Crippen molar-refractivity contribution < 1.29 is 0 Å². The van der Waals surface area contributed by atoms with Gasteiger partial charge in [-0.1, -0.05) is 52.8 Å². The van der Waals surface area contributed by atoms with Crippen LogP contribution in [0, 0.1) is 5.41 Å². The predicted molar refractivity (Wildman–Crippen MR) is 75.7 cm³/mol. The minimum Gasteiger partial charge on any atom is -0.244 e. The monoisotopic (exact) mass is 245 g/mol. The maximum absolute atomic E-state index is 4.29. The number of rotatable bonds is 1. The van der Waals surface area contributed by atoms with Gasteiger partial charge in [-0.15, -0.1) is 5.10 Å². The minimum atomic E-state index is 0.155. The predicted octanol–water partition coefficient (Wildman–Crippen LogP) is 3.77. The molecule has 0 saturated carbocycles. The molecule has 0 amide bonds. The summed E-state index contributed by atoms with van der Waals surface area (Å²) in [5, 5.41) is 8.56. The van der Waals surface area contributed by atoms with Crippen molar-refractivity contribution in [1.82, 2.24) is 15.0 Å². The number of hydrogen-bond acceptors (Lipinski definition) is 2. The molecule has 0 N–H and O–H groups in total. The Bertz CT molecular complexity index is 553. The quantitative estimate of drug-likeness (QED) is 0.765. The van der Waals surface area contributed by atoms with E-state index < -0.39 is 0 Å². The highest BCUT2D eigenvalue weighted by Gasteiger charge is 2.17. The number of hydrogen-bond donors (Lipinski definition) is 0. The fraction of sp³-hybridized carbons (Fsp3) is 0.600. The lowest BCUT2D eigenvalue weighted by atomic mass is 9.87. The Hall–Kier alpha value is -1.38. The van der Waals surface area contributed by atoms with E-state index >= 15 is 0 Å². The first kappa shape index (κ1) is 13.1. The Morgan fingerprint density at radius 3 is 2.28 bits per heavy atom. The van der Waals surface area contributed by atoms with Gasteiger partial charge in [0.25, 0.3) is 0 Å². The fourth-order valence-electron chi connectivity index (χ4n) is 2.00. The molecule has 1 heterocycles. The van der Waals surface area contributed by atoms with Crippen LogP contribution in [0.5, 0.6) is 0 Å². The first-order chi connectivity index (χ1) is 8.17. The van der Waals surface area contributed by atoms with Crippen LogP contribution in [0.25, 0.3) is 11.0 Å². The van der Waals surface area contributed by atoms with Crippen molar-refractivity contribution in [2.24, 2.45) is 5.41 Å². The zero-order valence-electron chi connectivity index (χ0n) is 12.3. The smallest absolute Gasteiger partial charge is 0.113 e. The Morgan fingerprint density at radius 2 is 1.72 bits per heavy atom. The molecule has 3 heteroatoms. The van der Waals surface area contributed by atoms with Gasteiger partial charge in [0, 0.05) is 6.54 Å². The Morgan fingerprint density at radius 1 is 1.06 bits per heavy atom. The number of fused-ring (bicyclic) bond motifs is 1. The summed E-state index contributed by atoms with van der Waals surface area (Å²) in [6.45, 7) is 14.2. The van der Waals surface area contributed by atoms with Crippen molar-refractivity contribution in [3.63, 3.8) is 0 Å². The summed E-state index contributed by atoms with van der Waals surface area (Å²) in [6.07, 6.45) is 0. The van der Waals surface area contributed by atoms with Crippen LogP contribution in [0.2, 0.25) is 0 Å². The van der Waals surface area contributed by atoms with E-state index in [4.69, 9.17) is 0 Å². The van der Waals surface area contributed by atoms with Crippen LogP contribution in [-0.4, -0.2) is 15.0 Å². The lowest BCUT2D eigenvalue weighted by Crippen LogP contribution is -2.16. The summed E-state index contributed by atoms with van der Waals surface area (Å²) in [6, 6.07) is 6.48. The summed E-state index contributed by atoms with van der Waals surface area (Å²) in [4.78, 5) is 0. The van der Waals surface area contributed by atoms with Gasteiger partial charge in [-0.2, -0.15) is 0 Å². The molecule has 0 radical (unpaired) electrons. The van der Waals surface area contributed by atoms with Crippen molar-refractivity contribution in [3.8, 4) is 0 Å². The van der Waals surface area contributed by atoms with Crippen molar-refractivity contribution in [2.45, 2.75) is 53.5 Å². The molecule has 18 heavy (non-hydrogen) atoms. The van der Waals surface area contributed by atoms with Crippen LogP contribution in [0.1, 0.15) is 47.1 Å². The molecule has 0 fully saturated rings. The molecule has 2 rings (SSSR count). The first-order valence-electron chi connectivity index (χ1n) is 6.51. The summed E-state index contributed by atoms with van der Waals surface area (Å²) >= 11 is 0. The average molecular weight is 245 g/mol. The van der Waals surface area contributed by atoms with E-state index in [0.29, 0.717) is 0 Å². The number of benzene rings is 1. The molecule has 0 aliphatic rings. The summed E-state index contributed by atoms with van der Waals surface area (Å²) in [5.74, 6) is 0. The normalized spacial score (nSPS) is 13.2. The molecule has 0 bridgehead atoms. The molecule has 1 aromatic carbocycles. The van der Waals surface area contributed by atoms with Gasteiger partial charge in [0.05, 0.1) is 5.52 Å². The van der Waals surface area contributed by atoms with E-state index in [1.165, 1.54) is 5.56 Å². The molecule has 2 aromatic rings. The van der Waals surface area contributed by atoms with Crippen molar-refractivity contribution in [2.75, 3.05) is 0 Å². The largest absolute Gasteiger partial charge is 0.244 e. The van der Waals surface area contributed by atoms with E-state index in [0.717, 1.165) is 17.6 Å². The molecule has 0 aliphatic heterocycles. The molecular weight excluding hydrogens is 222 g/mol. The zero-order valence-corrected chi connectivity index (χ0v) is 12.3. The van der Waals surface area contributed by atoms with Crippen LogP contribution < -0.4 is 0 Å². The van der Waals surface area contributed by atoms with E-state index in [-0.39, 0.29) is 10.8 Å². The third-order valence-corrected chi connectivity index (χ3v) is 3.00. The molecule has 1 aromatic heterocycles. The Kier molecular flexibility index (Phi) is 2.96. The Balaban J connectivity index is 2.44. The van der Waals surface area contributed by atoms with Crippen LogP contribution in [0.15, 0.2) is 18.2 Å². The average Bonchev–Trinajstić information content (AvgIpc) is 2.57. The number of nitrogens with zero attached hydrogens (tertiary/aromatic N) is 3. The van der Waals surface area contributed by atoms with Gasteiger partial charge >= 0.3 is 0 Å². The minimum absolute atomic E-state index is 0.155. The highest BCUT2D eigenvalue weighted by atomic mass is 15.4. The molecule has 0 atom stereocenters. The molecule has 0 spiro atoms. The first-order valence-corrected chi connectivity index (χ1v) is 6.51. The third kappa shape index (κ3) is 2.71. The summed E-state index contributed by atoms with van der Waals surface area (Å²) in [5.41, 5.74) is 3.79. The second-order valence-corrected chi connectivity index (χ2v) is 7.26. The summed E-state index contributed by atoms with van der Waals surface area (Å²) in [7, 11) is 0. The van der Waals surface area contributed by atoms with Crippen molar-refractivity contribution >= 4 is 11.0 Å². The SMILES string of the molecule is CC(C)(C)Cn1nnc2cc(C(C)(C)C)ccc21. The maximum Gasteiger partial charge on any atom is 0.113 e. The molecule has 3 nitrogen and oxygen atoms in total. The number of aromatic nitrogens is 3. The van der Waals surface area contributed by atoms with Crippen LogP contribution in [0.3, 0.4) is 0 Å². The zero-order chi connectivity index (χ0) is 13.6. The van der Waals surface area contributed by atoms with Gasteiger partial charge in [0.15, 0.2) is 0 Å². The van der Waals surface area contributed by atoms with Gasteiger partial charge in [-0.3, -0.25) is 0 Å². The highest BCUT2D eigenvalue weighted by Crippen LogP contribution is 2.26. The lowest BCUT2D eigenvalue weighted by Gasteiger charge is -2.19. The molecule has 0 aliphatic carbocycles.